The molecular formula is C13H16N2O. The lowest BCUT2D eigenvalue weighted by Gasteiger charge is -2.13. The molecule has 0 aliphatic heterocycles. The Morgan fingerprint density at radius 3 is 2.56 bits per heavy atom. The molecule has 0 aliphatic rings. The van der Waals surface area contributed by atoms with Crippen LogP contribution in [0.4, 0.5) is 0 Å². The van der Waals surface area contributed by atoms with Crippen molar-refractivity contribution in [3.63, 3.8) is 0 Å². The van der Waals surface area contributed by atoms with Gasteiger partial charge in [-0.2, -0.15) is 0 Å². The number of aliphatic hydroxyl groups excluding tert-OH is 1. The molecule has 3 nitrogen and oxygen atoms in total. The van der Waals surface area contributed by atoms with Crippen molar-refractivity contribution >= 4 is 11.0 Å². The van der Waals surface area contributed by atoms with Crippen LogP contribution in [0.3, 0.4) is 0 Å². The third-order valence-electron chi connectivity index (χ3n) is 2.69. The summed E-state index contributed by atoms with van der Waals surface area (Å²) in [5, 5.41) is 9.78. The summed E-state index contributed by atoms with van der Waals surface area (Å²) in [6.45, 7) is 4.00. The van der Waals surface area contributed by atoms with Crippen LogP contribution in [0, 0.1) is 5.92 Å². The van der Waals surface area contributed by atoms with Crippen LogP contribution >= 0.6 is 0 Å². The summed E-state index contributed by atoms with van der Waals surface area (Å²) in [5.41, 5.74) is 2.63. The zero-order valence-corrected chi connectivity index (χ0v) is 9.59. The van der Waals surface area contributed by atoms with Crippen LogP contribution in [0.2, 0.25) is 0 Å². The molecule has 3 heteroatoms. The Kier molecular flexibility index (Phi) is 3.15. The van der Waals surface area contributed by atoms with Crippen LogP contribution in [0.5, 0.6) is 0 Å². The third-order valence-corrected chi connectivity index (χ3v) is 2.69. The number of aromatic nitrogens is 2. The number of fused-ring (bicyclic) bond motifs is 1. The minimum absolute atomic E-state index is 0.244. The highest BCUT2D eigenvalue weighted by Crippen LogP contribution is 2.12. The predicted molar refractivity (Wildman–Crippen MR) is 64.1 cm³/mol. The van der Waals surface area contributed by atoms with E-state index < -0.39 is 0 Å². The van der Waals surface area contributed by atoms with Crippen molar-refractivity contribution in [2.75, 3.05) is 0 Å². The van der Waals surface area contributed by atoms with Crippen molar-refractivity contribution < 1.29 is 5.11 Å². The van der Waals surface area contributed by atoms with E-state index in [4.69, 9.17) is 0 Å². The second-order valence-electron chi connectivity index (χ2n) is 4.37. The molecule has 0 saturated carbocycles. The molecule has 1 unspecified atom stereocenters. The molecule has 1 heterocycles. The summed E-state index contributed by atoms with van der Waals surface area (Å²) >= 11 is 0. The summed E-state index contributed by atoms with van der Waals surface area (Å²) in [6, 6.07) is 7.76. The molecule has 84 valence electrons. The van der Waals surface area contributed by atoms with Crippen molar-refractivity contribution in [1.29, 1.82) is 0 Å². The number of nitrogens with zero attached hydrogens (tertiary/aromatic N) is 2. The molecule has 0 amide bonds. The van der Waals surface area contributed by atoms with Crippen molar-refractivity contribution in [2.45, 2.75) is 26.4 Å². The van der Waals surface area contributed by atoms with Gasteiger partial charge in [0.25, 0.3) is 0 Å². The predicted octanol–water partition coefficient (Wildman–Crippen LogP) is 2.19. The lowest BCUT2D eigenvalue weighted by molar-refractivity contribution is 0.124. The highest BCUT2D eigenvalue weighted by molar-refractivity contribution is 5.73. The first-order valence-electron chi connectivity index (χ1n) is 5.55. The fourth-order valence-electron chi connectivity index (χ4n) is 1.54. The van der Waals surface area contributed by atoms with E-state index in [0.29, 0.717) is 6.42 Å². The van der Waals surface area contributed by atoms with Crippen molar-refractivity contribution in [1.82, 2.24) is 9.97 Å². The van der Waals surface area contributed by atoms with E-state index in [0.717, 1.165) is 16.7 Å². The molecule has 0 fully saturated rings. The third kappa shape index (κ3) is 2.36. The van der Waals surface area contributed by atoms with Gasteiger partial charge in [0.2, 0.25) is 0 Å². The topological polar surface area (TPSA) is 46.0 Å². The Hall–Kier alpha value is -1.48. The van der Waals surface area contributed by atoms with Crippen LogP contribution in [0.25, 0.3) is 11.0 Å². The highest BCUT2D eigenvalue weighted by atomic mass is 16.3. The Morgan fingerprint density at radius 1 is 1.19 bits per heavy atom. The summed E-state index contributed by atoms with van der Waals surface area (Å²) in [6.07, 6.45) is 1.96. The van der Waals surface area contributed by atoms with Gasteiger partial charge in [-0.25, -0.2) is 4.98 Å². The van der Waals surface area contributed by atoms with Gasteiger partial charge in [-0.05, 0) is 18.1 Å². The summed E-state index contributed by atoms with van der Waals surface area (Å²) in [4.78, 5) is 8.80. The minimum Gasteiger partial charge on any atom is -0.392 e. The van der Waals surface area contributed by atoms with Gasteiger partial charge in [0, 0.05) is 12.6 Å². The second kappa shape index (κ2) is 4.58. The fraction of sp³-hybridized carbons (Fsp3) is 0.385. The number of hydrogen-bond acceptors (Lipinski definition) is 3. The average Bonchev–Trinajstić information content (AvgIpc) is 2.28. The summed E-state index contributed by atoms with van der Waals surface area (Å²) in [5.74, 6) is 0.244. The molecule has 0 spiro atoms. The van der Waals surface area contributed by atoms with Gasteiger partial charge >= 0.3 is 0 Å². The lowest BCUT2D eigenvalue weighted by Crippen LogP contribution is -2.18. The highest BCUT2D eigenvalue weighted by Gasteiger charge is 2.11. The lowest BCUT2D eigenvalue weighted by atomic mass is 10.0. The minimum atomic E-state index is -0.351. The summed E-state index contributed by atoms with van der Waals surface area (Å²) in [7, 11) is 0. The quantitative estimate of drug-likeness (QED) is 0.855. The van der Waals surface area contributed by atoms with Crippen LogP contribution in [-0.2, 0) is 6.42 Å². The number of para-hydroxylation sites is 2. The second-order valence-corrected chi connectivity index (χ2v) is 4.37. The maximum absolute atomic E-state index is 9.78. The van der Waals surface area contributed by atoms with Gasteiger partial charge in [0.05, 0.1) is 22.8 Å². The van der Waals surface area contributed by atoms with E-state index >= 15 is 0 Å². The van der Waals surface area contributed by atoms with Crippen molar-refractivity contribution in [3.05, 3.63) is 36.2 Å². The standard InChI is InChI=1S/C13H16N2O/c1-9(2)13(16)7-10-8-14-11-5-3-4-6-12(11)15-10/h3-6,8-9,13,16H,7H2,1-2H3. The zero-order chi connectivity index (χ0) is 11.5. The van der Waals surface area contributed by atoms with Gasteiger partial charge < -0.3 is 5.11 Å². The van der Waals surface area contributed by atoms with Crippen LogP contribution in [0.15, 0.2) is 30.5 Å². The maximum Gasteiger partial charge on any atom is 0.0890 e. The van der Waals surface area contributed by atoms with Gasteiger partial charge in [-0.1, -0.05) is 26.0 Å². The van der Waals surface area contributed by atoms with E-state index in [1.54, 1.807) is 6.20 Å². The number of rotatable bonds is 3. The average molecular weight is 216 g/mol. The maximum atomic E-state index is 9.78. The first-order valence-corrected chi connectivity index (χ1v) is 5.55. The van der Waals surface area contributed by atoms with Crippen LogP contribution in [-0.4, -0.2) is 21.2 Å². The van der Waals surface area contributed by atoms with E-state index in [1.807, 2.05) is 38.1 Å². The molecule has 1 aromatic carbocycles. The molecule has 0 bridgehead atoms. The van der Waals surface area contributed by atoms with E-state index in [1.165, 1.54) is 0 Å². The number of aliphatic hydroxyl groups is 1. The fourth-order valence-corrected chi connectivity index (χ4v) is 1.54. The molecule has 0 radical (unpaired) electrons. The SMILES string of the molecule is CC(C)C(O)Cc1cnc2ccccc2n1. The largest absolute Gasteiger partial charge is 0.392 e. The van der Waals surface area contributed by atoms with E-state index in [9.17, 15) is 5.11 Å². The first kappa shape index (κ1) is 11.0. The summed E-state index contributed by atoms with van der Waals surface area (Å²) < 4.78 is 0. The Labute approximate surface area is 95.2 Å². The first-order chi connectivity index (χ1) is 7.66. The molecule has 1 N–H and O–H groups in total. The van der Waals surface area contributed by atoms with Crippen molar-refractivity contribution in [3.8, 4) is 0 Å². The normalized spacial score (nSPS) is 13.2. The monoisotopic (exact) mass is 216 g/mol. The van der Waals surface area contributed by atoms with Gasteiger partial charge in [0.15, 0.2) is 0 Å². The Balaban J connectivity index is 2.26. The van der Waals surface area contributed by atoms with E-state index in [2.05, 4.69) is 9.97 Å². The van der Waals surface area contributed by atoms with Crippen LogP contribution < -0.4 is 0 Å². The molecule has 2 aromatic rings. The Bertz CT molecular complexity index is 482. The number of benzene rings is 1. The molecular weight excluding hydrogens is 200 g/mol. The van der Waals surface area contributed by atoms with E-state index in [-0.39, 0.29) is 12.0 Å². The molecule has 2 rings (SSSR count). The molecule has 0 aliphatic carbocycles. The molecule has 1 atom stereocenters. The molecule has 0 saturated heterocycles. The van der Waals surface area contributed by atoms with Crippen molar-refractivity contribution in [2.24, 2.45) is 5.92 Å². The molecule has 1 aromatic heterocycles. The molecule has 16 heavy (non-hydrogen) atoms. The Morgan fingerprint density at radius 2 is 1.88 bits per heavy atom. The van der Waals surface area contributed by atoms with Gasteiger partial charge in [-0.15, -0.1) is 0 Å². The number of hydrogen-bond donors (Lipinski definition) is 1. The van der Waals surface area contributed by atoms with Crippen LogP contribution in [0.1, 0.15) is 19.5 Å². The smallest absolute Gasteiger partial charge is 0.0890 e. The van der Waals surface area contributed by atoms with Gasteiger partial charge in [-0.3, -0.25) is 4.98 Å². The zero-order valence-electron chi connectivity index (χ0n) is 9.59. The van der Waals surface area contributed by atoms with Gasteiger partial charge in [0.1, 0.15) is 0 Å².